The summed E-state index contributed by atoms with van der Waals surface area (Å²) in [7, 11) is 0. The average Bonchev–Trinajstić information content (AvgIpc) is 2.65. The lowest BCUT2D eigenvalue weighted by Crippen LogP contribution is -2.58. The van der Waals surface area contributed by atoms with Gasteiger partial charge in [0.2, 0.25) is 11.9 Å². The predicted molar refractivity (Wildman–Crippen MR) is 109 cm³/mol. The van der Waals surface area contributed by atoms with Crippen LogP contribution in [0.25, 0.3) is 0 Å². The average molecular weight is 363 g/mol. The first-order chi connectivity index (χ1) is 13.1. The number of nitrogens with two attached hydrogens (primary N) is 2. The number of hydrogen-bond donors (Lipinski definition) is 2. The van der Waals surface area contributed by atoms with Crippen LogP contribution in [0, 0.1) is 6.92 Å². The second-order valence-electron chi connectivity index (χ2n) is 7.18. The van der Waals surface area contributed by atoms with Crippen LogP contribution in [-0.4, -0.2) is 17.6 Å². The van der Waals surface area contributed by atoms with Crippen LogP contribution < -0.4 is 21.1 Å². The highest BCUT2D eigenvalue weighted by molar-refractivity contribution is 6.05. The Bertz CT molecular complexity index is 882. The molecule has 1 aliphatic heterocycles. The number of ether oxygens (including phenoxy) is 1. The molecule has 0 atom stereocenters. The molecular weight excluding hydrogens is 338 g/mol. The molecule has 0 amide bonds. The molecule has 0 radical (unpaired) electrons. The number of hydrogen-bond acceptors (Lipinski definition) is 6. The quantitative estimate of drug-likeness (QED) is 0.865. The minimum Gasteiger partial charge on any atom is -0.457 e. The van der Waals surface area contributed by atoms with E-state index in [1.807, 2.05) is 60.4 Å². The first-order valence-corrected chi connectivity index (χ1v) is 9.41. The van der Waals surface area contributed by atoms with Crippen LogP contribution in [0.1, 0.15) is 37.7 Å². The van der Waals surface area contributed by atoms with Gasteiger partial charge in [0.05, 0.1) is 0 Å². The van der Waals surface area contributed by atoms with E-state index >= 15 is 0 Å². The molecule has 1 aliphatic carbocycles. The van der Waals surface area contributed by atoms with Gasteiger partial charge in [-0.25, -0.2) is 4.99 Å². The molecule has 4 rings (SSSR count). The van der Waals surface area contributed by atoms with Gasteiger partial charge in [-0.3, -0.25) is 4.90 Å². The molecule has 0 saturated heterocycles. The Morgan fingerprint density at radius 2 is 1.67 bits per heavy atom. The maximum atomic E-state index is 6.27. The second-order valence-corrected chi connectivity index (χ2v) is 7.18. The summed E-state index contributed by atoms with van der Waals surface area (Å²) in [5, 5.41) is 0. The van der Waals surface area contributed by atoms with Crippen LogP contribution in [0.15, 0.2) is 58.5 Å². The standard InChI is InChI=1S/C21H25N5O/c1-15-7-3-4-8-18(15)27-17-11-9-16(10-12-17)26-20(23)24-19(22)25-21(26)13-5-2-6-14-21/h3-4,7-12H,2,5-6,13-14H2,1H3,(H4,22,23,24,25). The number of guanidine groups is 2. The molecule has 1 heterocycles. The zero-order valence-electron chi connectivity index (χ0n) is 15.6. The SMILES string of the molecule is Cc1ccccc1Oc1ccc(N2C(N)=NC(N)=NC23CCCCC3)cc1. The lowest BCUT2D eigenvalue weighted by molar-refractivity contribution is 0.305. The fourth-order valence-electron chi connectivity index (χ4n) is 3.96. The smallest absolute Gasteiger partial charge is 0.220 e. The molecule has 0 unspecified atom stereocenters. The summed E-state index contributed by atoms with van der Waals surface area (Å²) in [6.45, 7) is 2.03. The fraction of sp³-hybridized carbons (Fsp3) is 0.333. The number of benzene rings is 2. The Balaban J connectivity index is 1.62. The Hall–Kier alpha value is -3.02. The minimum absolute atomic E-state index is 0.269. The highest BCUT2D eigenvalue weighted by atomic mass is 16.5. The fourth-order valence-corrected chi connectivity index (χ4v) is 3.96. The molecule has 2 aromatic carbocycles. The molecule has 6 nitrogen and oxygen atoms in total. The minimum atomic E-state index is -0.424. The molecule has 140 valence electrons. The number of aliphatic imine (C=N–C) groups is 2. The van der Waals surface area contributed by atoms with Crippen LogP contribution in [0.2, 0.25) is 0 Å². The Morgan fingerprint density at radius 1 is 0.963 bits per heavy atom. The summed E-state index contributed by atoms with van der Waals surface area (Å²) in [5.74, 6) is 2.30. The van der Waals surface area contributed by atoms with E-state index in [1.165, 1.54) is 6.42 Å². The van der Waals surface area contributed by atoms with Crippen LogP contribution >= 0.6 is 0 Å². The van der Waals surface area contributed by atoms with Gasteiger partial charge in [-0.2, -0.15) is 4.99 Å². The van der Waals surface area contributed by atoms with Gasteiger partial charge >= 0.3 is 0 Å². The molecular formula is C21H25N5O. The Kier molecular flexibility index (Phi) is 4.48. The van der Waals surface area contributed by atoms with E-state index in [4.69, 9.17) is 21.2 Å². The largest absolute Gasteiger partial charge is 0.457 e. The van der Waals surface area contributed by atoms with Crippen LogP contribution in [0.4, 0.5) is 5.69 Å². The van der Waals surface area contributed by atoms with Crippen LogP contribution in [-0.2, 0) is 0 Å². The van der Waals surface area contributed by atoms with Crippen LogP contribution in [0.5, 0.6) is 11.5 Å². The summed E-state index contributed by atoms with van der Waals surface area (Å²) in [6, 6.07) is 15.9. The molecule has 1 fully saturated rings. The van der Waals surface area contributed by atoms with E-state index in [2.05, 4.69) is 4.99 Å². The summed E-state index contributed by atoms with van der Waals surface area (Å²) in [4.78, 5) is 10.9. The molecule has 0 aromatic heterocycles. The zero-order valence-corrected chi connectivity index (χ0v) is 15.6. The van der Waals surface area contributed by atoms with Gasteiger partial charge in [-0.1, -0.05) is 24.6 Å². The molecule has 2 aromatic rings. The highest BCUT2D eigenvalue weighted by Crippen LogP contribution is 2.40. The number of para-hydroxylation sites is 1. The summed E-state index contributed by atoms with van der Waals surface area (Å²) in [6.07, 6.45) is 5.27. The molecule has 1 spiro atoms. The van der Waals surface area contributed by atoms with Gasteiger partial charge in [-0.05, 0) is 68.5 Å². The van der Waals surface area contributed by atoms with Crippen molar-refractivity contribution in [1.82, 2.24) is 0 Å². The van der Waals surface area contributed by atoms with Gasteiger partial charge in [0.15, 0.2) is 0 Å². The third kappa shape index (κ3) is 3.35. The van der Waals surface area contributed by atoms with Gasteiger partial charge in [0, 0.05) is 5.69 Å². The van der Waals surface area contributed by atoms with E-state index in [0.717, 1.165) is 48.4 Å². The molecule has 27 heavy (non-hydrogen) atoms. The van der Waals surface area contributed by atoms with E-state index in [0.29, 0.717) is 5.96 Å². The number of anilines is 1. The lowest BCUT2D eigenvalue weighted by Gasteiger charge is -2.45. The molecule has 1 saturated carbocycles. The van der Waals surface area contributed by atoms with Gasteiger partial charge in [0.25, 0.3) is 0 Å². The van der Waals surface area contributed by atoms with Crippen molar-refractivity contribution < 1.29 is 4.74 Å². The van der Waals surface area contributed by atoms with E-state index < -0.39 is 5.66 Å². The maximum Gasteiger partial charge on any atom is 0.220 e. The molecule has 4 N–H and O–H groups in total. The van der Waals surface area contributed by atoms with Crippen molar-refractivity contribution in [2.75, 3.05) is 4.90 Å². The lowest BCUT2D eigenvalue weighted by atomic mass is 9.87. The van der Waals surface area contributed by atoms with Gasteiger partial charge in [0.1, 0.15) is 17.2 Å². The first-order valence-electron chi connectivity index (χ1n) is 9.41. The van der Waals surface area contributed by atoms with E-state index in [1.54, 1.807) is 0 Å². The summed E-state index contributed by atoms with van der Waals surface area (Å²) in [5.41, 5.74) is 13.8. The Morgan fingerprint density at radius 3 is 2.37 bits per heavy atom. The van der Waals surface area contributed by atoms with E-state index in [9.17, 15) is 0 Å². The number of rotatable bonds is 3. The van der Waals surface area contributed by atoms with Gasteiger partial charge in [-0.15, -0.1) is 0 Å². The third-order valence-corrected chi connectivity index (χ3v) is 5.27. The van der Waals surface area contributed by atoms with Crippen molar-refractivity contribution in [2.45, 2.75) is 44.7 Å². The van der Waals surface area contributed by atoms with Gasteiger partial charge < -0.3 is 16.2 Å². The topological polar surface area (TPSA) is 89.2 Å². The van der Waals surface area contributed by atoms with Crippen molar-refractivity contribution in [1.29, 1.82) is 0 Å². The van der Waals surface area contributed by atoms with Crippen molar-refractivity contribution in [2.24, 2.45) is 21.5 Å². The second kappa shape index (κ2) is 6.95. The maximum absolute atomic E-state index is 6.27. The predicted octanol–water partition coefficient (Wildman–Crippen LogP) is 3.90. The molecule has 0 bridgehead atoms. The molecule has 2 aliphatic rings. The number of nitrogens with zero attached hydrogens (tertiary/aromatic N) is 3. The van der Waals surface area contributed by atoms with Crippen molar-refractivity contribution in [3.63, 3.8) is 0 Å². The zero-order chi connectivity index (χ0) is 18.9. The first kappa shape index (κ1) is 17.4. The third-order valence-electron chi connectivity index (χ3n) is 5.27. The van der Waals surface area contributed by atoms with Crippen molar-refractivity contribution in [3.05, 3.63) is 54.1 Å². The van der Waals surface area contributed by atoms with Crippen molar-refractivity contribution in [3.8, 4) is 11.5 Å². The monoisotopic (exact) mass is 363 g/mol. The molecule has 6 heteroatoms. The van der Waals surface area contributed by atoms with E-state index in [-0.39, 0.29) is 5.96 Å². The van der Waals surface area contributed by atoms with Crippen molar-refractivity contribution >= 4 is 17.6 Å². The summed E-state index contributed by atoms with van der Waals surface area (Å²) >= 11 is 0. The highest BCUT2D eigenvalue weighted by Gasteiger charge is 2.42. The Labute approximate surface area is 159 Å². The number of aryl methyl sites for hydroxylation is 1. The summed E-state index contributed by atoms with van der Waals surface area (Å²) < 4.78 is 6.00. The van der Waals surface area contributed by atoms with Crippen LogP contribution in [0.3, 0.4) is 0 Å². The normalized spacial score (nSPS) is 18.8.